The Labute approximate surface area is 184 Å². The molecule has 1 aromatic heterocycles. The van der Waals surface area contributed by atoms with E-state index in [1.807, 2.05) is 0 Å². The van der Waals surface area contributed by atoms with Crippen LogP contribution in [0.15, 0.2) is 58.2 Å². The quantitative estimate of drug-likeness (QED) is 0.607. The van der Waals surface area contributed by atoms with Gasteiger partial charge in [-0.25, -0.2) is 8.42 Å². The molecule has 0 unspecified atom stereocenters. The number of anilines is 1. The second-order valence-electron chi connectivity index (χ2n) is 7.26. The normalized spacial score (nSPS) is 14.7. The van der Waals surface area contributed by atoms with Gasteiger partial charge in [-0.05, 0) is 35.9 Å². The van der Waals surface area contributed by atoms with Crippen molar-refractivity contribution in [2.24, 2.45) is 0 Å². The lowest BCUT2D eigenvalue weighted by Crippen LogP contribution is -2.40. The van der Waals surface area contributed by atoms with Crippen LogP contribution in [0.3, 0.4) is 0 Å². The van der Waals surface area contributed by atoms with Gasteiger partial charge in [0.1, 0.15) is 0 Å². The molecular formula is C22H20N4O5S. The Balaban J connectivity index is 1.70. The van der Waals surface area contributed by atoms with Crippen molar-refractivity contribution in [3.05, 3.63) is 70.0 Å². The van der Waals surface area contributed by atoms with Crippen molar-refractivity contribution in [2.45, 2.75) is 11.3 Å². The lowest BCUT2D eigenvalue weighted by atomic mass is 10.1. The number of aromatic nitrogens is 1. The van der Waals surface area contributed by atoms with E-state index >= 15 is 0 Å². The number of nitriles is 1. The molecule has 2 N–H and O–H groups in total. The Kier molecular flexibility index (Phi) is 6.05. The number of rotatable bonds is 5. The molecule has 0 radical (unpaired) electrons. The van der Waals surface area contributed by atoms with E-state index in [0.29, 0.717) is 29.8 Å². The van der Waals surface area contributed by atoms with Gasteiger partial charge in [-0.1, -0.05) is 12.1 Å². The van der Waals surface area contributed by atoms with Gasteiger partial charge in [0, 0.05) is 35.7 Å². The fourth-order valence-corrected chi connectivity index (χ4v) is 4.95. The van der Waals surface area contributed by atoms with Crippen LogP contribution in [0.2, 0.25) is 0 Å². The molecule has 1 amide bonds. The van der Waals surface area contributed by atoms with E-state index in [2.05, 4.69) is 16.4 Å². The SMILES string of the molecule is N#CCc1ccc(NC(=O)c2cc(=O)[nH]c3ccc(S(=O)(=O)N4CCOCC4)cc23)cc1. The Morgan fingerprint density at radius 2 is 1.84 bits per heavy atom. The molecule has 1 fully saturated rings. The molecule has 32 heavy (non-hydrogen) atoms. The Morgan fingerprint density at radius 3 is 2.53 bits per heavy atom. The highest BCUT2D eigenvalue weighted by Crippen LogP contribution is 2.24. The number of fused-ring (bicyclic) bond motifs is 1. The van der Waals surface area contributed by atoms with Crippen LogP contribution in [-0.4, -0.2) is 49.9 Å². The number of pyridine rings is 1. The summed E-state index contributed by atoms with van der Waals surface area (Å²) in [5.41, 5.74) is 1.24. The number of nitrogens with zero attached hydrogens (tertiary/aromatic N) is 2. The van der Waals surface area contributed by atoms with E-state index < -0.39 is 21.5 Å². The van der Waals surface area contributed by atoms with Crippen molar-refractivity contribution in [3.63, 3.8) is 0 Å². The maximum Gasteiger partial charge on any atom is 0.256 e. The molecule has 2 aromatic carbocycles. The highest BCUT2D eigenvalue weighted by Gasteiger charge is 2.27. The molecule has 2 heterocycles. The molecule has 0 aliphatic carbocycles. The molecule has 3 aromatic rings. The van der Waals surface area contributed by atoms with Crippen LogP contribution in [0.5, 0.6) is 0 Å². The summed E-state index contributed by atoms with van der Waals surface area (Å²) in [5.74, 6) is -0.546. The van der Waals surface area contributed by atoms with Crippen molar-refractivity contribution < 1.29 is 17.9 Å². The topological polar surface area (TPSA) is 132 Å². The summed E-state index contributed by atoms with van der Waals surface area (Å²) in [6.45, 7) is 1.14. The molecule has 0 spiro atoms. The number of ether oxygens (including phenoxy) is 1. The van der Waals surface area contributed by atoms with Gasteiger partial charge in [0.05, 0.1) is 36.2 Å². The predicted molar refractivity (Wildman–Crippen MR) is 118 cm³/mol. The number of H-pyrrole nitrogens is 1. The van der Waals surface area contributed by atoms with E-state index in [4.69, 9.17) is 10.00 Å². The highest BCUT2D eigenvalue weighted by molar-refractivity contribution is 7.89. The summed E-state index contributed by atoms with van der Waals surface area (Å²) >= 11 is 0. The smallest absolute Gasteiger partial charge is 0.256 e. The number of amides is 1. The Hall–Kier alpha value is -3.52. The van der Waals surface area contributed by atoms with Gasteiger partial charge < -0.3 is 15.0 Å². The number of carbonyl (C=O) groups excluding carboxylic acids is 1. The molecule has 1 aliphatic heterocycles. The zero-order chi connectivity index (χ0) is 22.7. The minimum Gasteiger partial charge on any atom is -0.379 e. The van der Waals surface area contributed by atoms with Crippen molar-refractivity contribution in [2.75, 3.05) is 31.6 Å². The minimum absolute atomic E-state index is 0.0360. The van der Waals surface area contributed by atoms with Crippen LogP contribution in [0.1, 0.15) is 15.9 Å². The summed E-state index contributed by atoms with van der Waals surface area (Å²) in [7, 11) is -3.77. The van der Waals surface area contributed by atoms with Crippen LogP contribution < -0.4 is 10.9 Å². The first-order valence-corrected chi connectivity index (χ1v) is 11.3. The van der Waals surface area contributed by atoms with Crippen molar-refractivity contribution in [3.8, 4) is 6.07 Å². The molecule has 0 saturated carbocycles. The number of sulfonamides is 1. The average molecular weight is 452 g/mol. The third-order valence-electron chi connectivity index (χ3n) is 5.16. The first-order chi connectivity index (χ1) is 15.4. The highest BCUT2D eigenvalue weighted by atomic mass is 32.2. The predicted octanol–water partition coefficient (Wildman–Crippen LogP) is 1.87. The summed E-state index contributed by atoms with van der Waals surface area (Å²) in [5, 5.41) is 11.8. The summed E-state index contributed by atoms with van der Waals surface area (Å²) in [6, 6.07) is 14.3. The third kappa shape index (κ3) is 4.40. The first-order valence-electron chi connectivity index (χ1n) is 9.91. The largest absolute Gasteiger partial charge is 0.379 e. The maximum absolute atomic E-state index is 13.0. The molecule has 0 atom stereocenters. The zero-order valence-corrected chi connectivity index (χ0v) is 17.8. The van der Waals surface area contributed by atoms with Crippen LogP contribution in [-0.2, 0) is 21.2 Å². The molecule has 10 heteroatoms. The number of aromatic amines is 1. The van der Waals surface area contributed by atoms with Gasteiger partial charge >= 0.3 is 0 Å². The number of benzene rings is 2. The molecule has 1 saturated heterocycles. The molecule has 1 aliphatic rings. The fourth-order valence-electron chi connectivity index (χ4n) is 3.51. The number of morpholine rings is 1. The summed E-state index contributed by atoms with van der Waals surface area (Å²) in [6.07, 6.45) is 0.257. The van der Waals surface area contributed by atoms with Gasteiger partial charge in [-0.2, -0.15) is 9.57 Å². The fraction of sp³-hybridized carbons (Fsp3) is 0.227. The Morgan fingerprint density at radius 1 is 1.12 bits per heavy atom. The minimum atomic E-state index is -3.77. The van der Waals surface area contributed by atoms with Crippen molar-refractivity contribution in [1.29, 1.82) is 5.26 Å². The van der Waals surface area contributed by atoms with Gasteiger partial charge in [-0.15, -0.1) is 0 Å². The van der Waals surface area contributed by atoms with E-state index in [1.165, 1.54) is 22.5 Å². The van der Waals surface area contributed by atoms with E-state index in [1.54, 1.807) is 24.3 Å². The van der Waals surface area contributed by atoms with Gasteiger partial charge in [0.2, 0.25) is 15.6 Å². The molecule has 4 rings (SSSR count). The molecule has 164 valence electrons. The van der Waals surface area contributed by atoms with Crippen molar-refractivity contribution >= 4 is 32.5 Å². The second-order valence-corrected chi connectivity index (χ2v) is 9.19. The van der Waals surface area contributed by atoms with Gasteiger partial charge in [0.15, 0.2) is 0 Å². The summed E-state index contributed by atoms with van der Waals surface area (Å²) < 4.78 is 32.6. The number of carbonyl (C=O) groups is 1. The molecule has 0 bridgehead atoms. The van der Waals surface area contributed by atoms with Crippen LogP contribution in [0.4, 0.5) is 5.69 Å². The van der Waals surface area contributed by atoms with Crippen LogP contribution in [0, 0.1) is 11.3 Å². The average Bonchev–Trinajstić information content (AvgIpc) is 2.80. The molecular weight excluding hydrogens is 432 g/mol. The number of hydrogen-bond donors (Lipinski definition) is 2. The molecule has 9 nitrogen and oxygen atoms in total. The first kappa shape index (κ1) is 21.7. The zero-order valence-electron chi connectivity index (χ0n) is 17.0. The lowest BCUT2D eigenvalue weighted by molar-refractivity contribution is 0.0730. The third-order valence-corrected chi connectivity index (χ3v) is 7.06. The van der Waals surface area contributed by atoms with Crippen molar-refractivity contribution in [1.82, 2.24) is 9.29 Å². The number of hydrogen-bond acceptors (Lipinski definition) is 6. The Bertz CT molecular complexity index is 1370. The maximum atomic E-state index is 13.0. The lowest BCUT2D eigenvalue weighted by Gasteiger charge is -2.26. The second kappa shape index (κ2) is 8.92. The van der Waals surface area contributed by atoms with E-state index in [0.717, 1.165) is 11.6 Å². The van der Waals surface area contributed by atoms with Crippen LogP contribution >= 0.6 is 0 Å². The van der Waals surface area contributed by atoms with Crippen LogP contribution in [0.25, 0.3) is 10.9 Å². The van der Waals surface area contributed by atoms with E-state index in [-0.39, 0.29) is 30.0 Å². The van der Waals surface area contributed by atoms with Gasteiger partial charge in [0.25, 0.3) is 5.91 Å². The monoisotopic (exact) mass is 452 g/mol. The standard InChI is InChI=1S/C22H20N4O5S/c23-8-7-15-1-3-16(4-2-15)24-22(28)19-14-21(27)25-20-6-5-17(13-18(19)20)32(29,30)26-9-11-31-12-10-26/h1-6,13-14H,7,9-12H2,(H,24,28)(H,25,27). The number of nitrogens with one attached hydrogen (secondary N) is 2. The van der Waals surface area contributed by atoms with E-state index in [9.17, 15) is 18.0 Å². The summed E-state index contributed by atoms with van der Waals surface area (Å²) in [4.78, 5) is 27.7. The van der Waals surface area contributed by atoms with Gasteiger partial charge in [-0.3, -0.25) is 9.59 Å².